The highest BCUT2D eigenvalue weighted by atomic mass is 32.2. The maximum atomic E-state index is 12.7. The Hall–Kier alpha value is -1.08. The van der Waals surface area contributed by atoms with Crippen molar-refractivity contribution in [3.8, 4) is 0 Å². The highest BCUT2D eigenvalue weighted by Gasteiger charge is 2.30. The summed E-state index contributed by atoms with van der Waals surface area (Å²) in [5.74, 6) is 0.390. The lowest BCUT2D eigenvalue weighted by atomic mass is 9.96. The number of sulfone groups is 1. The molecule has 1 N–H and O–H groups in total. The van der Waals surface area contributed by atoms with Gasteiger partial charge in [-0.25, -0.2) is 8.42 Å². The Bertz CT molecular complexity index is 628. The predicted molar refractivity (Wildman–Crippen MR) is 84.2 cm³/mol. The molecule has 1 heterocycles. The standard InChI is InChI=1S/C16H22F3NO2S/c1-12(13-4-2-5-14(10-13)16(17,18)19)7-8-20-15-6-3-9-23(21,22)11-15/h2,4-5,10,12,15,20H,3,6-9,11H2,1H3. The molecule has 0 spiro atoms. The van der Waals surface area contributed by atoms with Crippen molar-refractivity contribution in [3.05, 3.63) is 35.4 Å². The van der Waals surface area contributed by atoms with Gasteiger partial charge in [-0.1, -0.05) is 25.1 Å². The van der Waals surface area contributed by atoms with Crippen molar-refractivity contribution in [3.63, 3.8) is 0 Å². The number of hydrogen-bond acceptors (Lipinski definition) is 3. The van der Waals surface area contributed by atoms with E-state index in [0.717, 1.165) is 12.5 Å². The minimum Gasteiger partial charge on any atom is -0.313 e. The molecule has 130 valence electrons. The topological polar surface area (TPSA) is 46.2 Å². The van der Waals surface area contributed by atoms with Crippen LogP contribution in [0.25, 0.3) is 0 Å². The fraction of sp³-hybridized carbons (Fsp3) is 0.625. The third-order valence-electron chi connectivity index (χ3n) is 4.26. The molecule has 0 radical (unpaired) electrons. The molecule has 0 saturated carbocycles. The van der Waals surface area contributed by atoms with Gasteiger partial charge in [0.15, 0.2) is 9.84 Å². The molecule has 0 aliphatic carbocycles. The molecule has 0 bridgehead atoms. The molecule has 1 aromatic carbocycles. The fourth-order valence-corrected chi connectivity index (χ4v) is 4.55. The molecular formula is C16H22F3NO2S. The van der Waals surface area contributed by atoms with Gasteiger partial charge in [0, 0.05) is 6.04 Å². The van der Waals surface area contributed by atoms with Gasteiger partial charge in [0.05, 0.1) is 17.1 Å². The number of benzene rings is 1. The first-order valence-corrected chi connectivity index (χ1v) is 9.60. The molecule has 1 aliphatic rings. The van der Waals surface area contributed by atoms with Gasteiger partial charge < -0.3 is 5.32 Å². The molecule has 2 rings (SSSR count). The van der Waals surface area contributed by atoms with Crippen molar-refractivity contribution in [1.82, 2.24) is 5.32 Å². The van der Waals surface area contributed by atoms with E-state index in [-0.39, 0.29) is 23.5 Å². The van der Waals surface area contributed by atoms with E-state index in [1.807, 2.05) is 6.92 Å². The normalized spacial score (nSPS) is 22.7. The van der Waals surface area contributed by atoms with Gasteiger partial charge in [0.25, 0.3) is 0 Å². The Labute approximate surface area is 135 Å². The first-order valence-electron chi connectivity index (χ1n) is 7.78. The third kappa shape index (κ3) is 5.49. The average molecular weight is 349 g/mol. The lowest BCUT2D eigenvalue weighted by Crippen LogP contribution is -2.40. The Morgan fingerprint density at radius 2 is 2.09 bits per heavy atom. The van der Waals surface area contributed by atoms with Gasteiger partial charge >= 0.3 is 6.18 Å². The van der Waals surface area contributed by atoms with Crippen molar-refractivity contribution in [2.75, 3.05) is 18.1 Å². The van der Waals surface area contributed by atoms with E-state index >= 15 is 0 Å². The maximum absolute atomic E-state index is 12.7. The summed E-state index contributed by atoms with van der Waals surface area (Å²) in [6, 6.07) is 5.35. The molecule has 3 nitrogen and oxygen atoms in total. The Morgan fingerprint density at radius 3 is 2.74 bits per heavy atom. The molecule has 2 atom stereocenters. The zero-order valence-electron chi connectivity index (χ0n) is 13.1. The molecule has 1 aliphatic heterocycles. The highest BCUT2D eigenvalue weighted by molar-refractivity contribution is 7.91. The van der Waals surface area contributed by atoms with Crippen LogP contribution in [0.2, 0.25) is 0 Å². The smallest absolute Gasteiger partial charge is 0.313 e. The van der Waals surface area contributed by atoms with Crippen LogP contribution in [-0.4, -0.2) is 32.5 Å². The largest absolute Gasteiger partial charge is 0.416 e. The maximum Gasteiger partial charge on any atom is 0.416 e. The van der Waals surface area contributed by atoms with Gasteiger partial charge in [0.1, 0.15) is 0 Å². The van der Waals surface area contributed by atoms with Crippen molar-refractivity contribution >= 4 is 9.84 Å². The molecule has 2 unspecified atom stereocenters. The van der Waals surface area contributed by atoms with Crippen LogP contribution in [0.4, 0.5) is 13.2 Å². The second kappa shape index (κ2) is 7.21. The number of alkyl halides is 3. The van der Waals surface area contributed by atoms with E-state index in [4.69, 9.17) is 0 Å². The summed E-state index contributed by atoms with van der Waals surface area (Å²) in [4.78, 5) is 0. The van der Waals surface area contributed by atoms with Crippen LogP contribution in [0.5, 0.6) is 0 Å². The van der Waals surface area contributed by atoms with E-state index in [9.17, 15) is 21.6 Å². The second-order valence-electron chi connectivity index (χ2n) is 6.22. The number of halogens is 3. The highest BCUT2D eigenvalue weighted by Crippen LogP contribution is 2.31. The summed E-state index contributed by atoms with van der Waals surface area (Å²) in [5.41, 5.74) is 0.0195. The Morgan fingerprint density at radius 1 is 1.35 bits per heavy atom. The van der Waals surface area contributed by atoms with Crippen molar-refractivity contribution in [2.24, 2.45) is 0 Å². The van der Waals surface area contributed by atoms with Gasteiger partial charge in [0.2, 0.25) is 0 Å². The SMILES string of the molecule is CC(CCNC1CCCS(=O)(=O)C1)c1cccc(C(F)(F)F)c1. The summed E-state index contributed by atoms with van der Waals surface area (Å²) in [6.07, 6.45) is -2.16. The summed E-state index contributed by atoms with van der Waals surface area (Å²) < 4.78 is 61.3. The van der Waals surface area contributed by atoms with Gasteiger partial charge in [-0.05, 0) is 43.4 Å². The zero-order valence-corrected chi connectivity index (χ0v) is 13.9. The van der Waals surface area contributed by atoms with Gasteiger partial charge in [-0.2, -0.15) is 13.2 Å². The van der Waals surface area contributed by atoms with Crippen LogP contribution in [0.1, 0.15) is 43.2 Å². The van der Waals surface area contributed by atoms with E-state index in [1.165, 1.54) is 12.1 Å². The summed E-state index contributed by atoms with van der Waals surface area (Å²) in [5, 5.41) is 3.22. The summed E-state index contributed by atoms with van der Waals surface area (Å²) in [6.45, 7) is 2.48. The van der Waals surface area contributed by atoms with E-state index < -0.39 is 21.6 Å². The van der Waals surface area contributed by atoms with Gasteiger partial charge in [-0.15, -0.1) is 0 Å². The quantitative estimate of drug-likeness (QED) is 0.887. The molecule has 7 heteroatoms. The zero-order chi connectivity index (χ0) is 17.1. The van der Waals surface area contributed by atoms with Crippen LogP contribution in [0.3, 0.4) is 0 Å². The number of hydrogen-bond donors (Lipinski definition) is 1. The van der Waals surface area contributed by atoms with E-state index in [1.54, 1.807) is 6.07 Å². The van der Waals surface area contributed by atoms with Crippen molar-refractivity contribution in [1.29, 1.82) is 0 Å². The minimum absolute atomic E-state index is 0.0232. The van der Waals surface area contributed by atoms with Crippen LogP contribution in [0.15, 0.2) is 24.3 Å². The van der Waals surface area contributed by atoms with Crippen LogP contribution in [0, 0.1) is 0 Å². The lowest BCUT2D eigenvalue weighted by molar-refractivity contribution is -0.137. The molecular weight excluding hydrogens is 327 g/mol. The van der Waals surface area contributed by atoms with Crippen molar-refractivity contribution < 1.29 is 21.6 Å². The monoisotopic (exact) mass is 349 g/mol. The molecule has 1 aromatic rings. The lowest BCUT2D eigenvalue weighted by Gasteiger charge is -2.24. The van der Waals surface area contributed by atoms with Crippen molar-refractivity contribution in [2.45, 2.75) is 44.3 Å². The molecule has 1 fully saturated rings. The Kier molecular flexibility index (Phi) is 5.73. The summed E-state index contributed by atoms with van der Waals surface area (Å²) >= 11 is 0. The molecule has 0 aromatic heterocycles. The van der Waals surface area contributed by atoms with E-state index in [2.05, 4.69) is 5.32 Å². The average Bonchev–Trinajstić information content (AvgIpc) is 2.45. The van der Waals surface area contributed by atoms with Crippen LogP contribution < -0.4 is 5.32 Å². The number of nitrogens with one attached hydrogen (secondary N) is 1. The molecule has 23 heavy (non-hydrogen) atoms. The first kappa shape index (κ1) is 18.3. The third-order valence-corrected chi connectivity index (χ3v) is 6.08. The number of rotatable bonds is 5. The summed E-state index contributed by atoms with van der Waals surface area (Å²) in [7, 11) is -2.94. The van der Waals surface area contributed by atoms with Gasteiger partial charge in [-0.3, -0.25) is 0 Å². The van der Waals surface area contributed by atoms with E-state index in [0.29, 0.717) is 24.9 Å². The fourth-order valence-electron chi connectivity index (χ4n) is 2.88. The predicted octanol–water partition coefficient (Wildman–Crippen LogP) is 3.37. The second-order valence-corrected chi connectivity index (χ2v) is 8.45. The first-order chi connectivity index (χ1) is 10.7. The minimum atomic E-state index is -4.33. The molecule has 1 saturated heterocycles. The Balaban J connectivity index is 1.86. The van der Waals surface area contributed by atoms with Crippen LogP contribution >= 0.6 is 0 Å². The molecule has 0 amide bonds. The van der Waals surface area contributed by atoms with Crippen LogP contribution in [-0.2, 0) is 16.0 Å².